The molecular formula is C21H23N3O4. The molecule has 4 aliphatic rings. The molecule has 0 spiro atoms. The largest absolute Gasteiger partial charge is 0.509 e. The highest BCUT2D eigenvalue weighted by atomic mass is 16.3. The Kier molecular flexibility index (Phi) is 3.01. The number of aliphatic hydroxyl groups is 2. The molecule has 1 aromatic carbocycles. The summed E-state index contributed by atoms with van der Waals surface area (Å²) in [5.74, 6) is -1.91. The molecule has 3 N–H and O–H groups in total. The molecule has 5 rings (SSSR count). The van der Waals surface area contributed by atoms with Gasteiger partial charge in [0.05, 0.1) is 17.3 Å². The van der Waals surface area contributed by atoms with Crippen molar-refractivity contribution in [1.29, 1.82) is 5.41 Å². The van der Waals surface area contributed by atoms with E-state index in [1.807, 2.05) is 32.0 Å². The summed E-state index contributed by atoms with van der Waals surface area (Å²) in [6.07, 6.45) is 0.608. The van der Waals surface area contributed by atoms with Crippen molar-refractivity contribution < 1.29 is 19.8 Å². The number of fused-ring (bicyclic) bond motifs is 4. The quantitative estimate of drug-likeness (QED) is 0.641. The number of benzene rings is 1. The summed E-state index contributed by atoms with van der Waals surface area (Å²) in [5, 5.41) is 30.8. The van der Waals surface area contributed by atoms with Gasteiger partial charge in [0, 0.05) is 29.8 Å². The van der Waals surface area contributed by atoms with Gasteiger partial charge in [-0.05, 0) is 44.7 Å². The predicted molar refractivity (Wildman–Crippen MR) is 102 cm³/mol. The maximum absolute atomic E-state index is 13.3. The molecule has 0 saturated carbocycles. The van der Waals surface area contributed by atoms with Crippen molar-refractivity contribution in [3.05, 3.63) is 40.7 Å². The third-order valence-electron chi connectivity index (χ3n) is 7.35. The lowest BCUT2D eigenvalue weighted by atomic mass is 9.62. The third-order valence-corrected chi connectivity index (χ3v) is 7.35. The molecule has 0 bridgehead atoms. The lowest BCUT2D eigenvalue weighted by molar-refractivity contribution is -0.147. The Morgan fingerprint density at radius 1 is 1.29 bits per heavy atom. The van der Waals surface area contributed by atoms with E-state index < -0.39 is 34.9 Å². The van der Waals surface area contributed by atoms with E-state index in [-0.39, 0.29) is 23.0 Å². The van der Waals surface area contributed by atoms with E-state index in [1.54, 1.807) is 11.9 Å². The highest BCUT2D eigenvalue weighted by Gasteiger charge is 2.72. The lowest BCUT2D eigenvalue weighted by Crippen LogP contribution is -2.53. The smallest absolute Gasteiger partial charge is 0.263 e. The van der Waals surface area contributed by atoms with Crippen molar-refractivity contribution in [3.8, 4) is 0 Å². The molecule has 28 heavy (non-hydrogen) atoms. The first kappa shape index (κ1) is 17.4. The van der Waals surface area contributed by atoms with E-state index >= 15 is 0 Å². The van der Waals surface area contributed by atoms with Gasteiger partial charge in [-0.25, -0.2) is 0 Å². The van der Waals surface area contributed by atoms with Crippen LogP contribution >= 0.6 is 0 Å². The fourth-order valence-electron chi connectivity index (χ4n) is 6.16. The molecule has 1 fully saturated rings. The monoisotopic (exact) mass is 381 g/mol. The average molecular weight is 381 g/mol. The number of rotatable bonds is 1. The van der Waals surface area contributed by atoms with Gasteiger partial charge in [-0.15, -0.1) is 0 Å². The second-order valence-corrected chi connectivity index (χ2v) is 8.94. The van der Waals surface area contributed by atoms with Gasteiger partial charge in [-0.3, -0.25) is 9.59 Å². The van der Waals surface area contributed by atoms with Gasteiger partial charge in [0.2, 0.25) is 0 Å². The molecule has 0 unspecified atom stereocenters. The average Bonchev–Trinajstić information content (AvgIpc) is 3.11. The van der Waals surface area contributed by atoms with Crippen LogP contribution < -0.4 is 4.90 Å². The van der Waals surface area contributed by atoms with Gasteiger partial charge in [0.25, 0.3) is 11.8 Å². The number of nitrogens with zero attached hydrogens (tertiary/aromatic N) is 2. The standard InChI is InChI=1S/C21H23N3O4/c1-9(22)13-17(25)16-15-11(20(2,3)24(16)18(13)26)8-10-6-5-7-12-14(10)21(15,28)19(27)23(12)4/h5-7,11,15-16,22,25,28H,8H2,1-4H3/t11-,15+,16+,21+/m1/s1. The van der Waals surface area contributed by atoms with Gasteiger partial charge in [-0.1, -0.05) is 12.1 Å². The molecule has 3 aliphatic heterocycles. The Morgan fingerprint density at radius 2 is 1.96 bits per heavy atom. The highest BCUT2D eigenvalue weighted by Crippen LogP contribution is 2.62. The summed E-state index contributed by atoms with van der Waals surface area (Å²) in [4.78, 5) is 29.5. The van der Waals surface area contributed by atoms with Crippen LogP contribution in [0.4, 0.5) is 5.69 Å². The van der Waals surface area contributed by atoms with Crippen LogP contribution in [-0.4, -0.2) is 51.3 Å². The lowest BCUT2D eigenvalue weighted by Gasteiger charge is -2.42. The van der Waals surface area contributed by atoms with Crippen molar-refractivity contribution >= 4 is 23.2 Å². The normalized spacial score (nSPS) is 34.7. The van der Waals surface area contributed by atoms with Gasteiger partial charge in [-0.2, -0.15) is 0 Å². The summed E-state index contributed by atoms with van der Waals surface area (Å²) in [6, 6.07) is 4.81. The van der Waals surface area contributed by atoms with Crippen LogP contribution in [0.25, 0.3) is 0 Å². The fraction of sp³-hybridized carbons (Fsp3) is 0.476. The van der Waals surface area contributed by atoms with Crippen LogP contribution in [0.1, 0.15) is 31.9 Å². The van der Waals surface area contributed by atoms with Gasteiger partial charge in [0.1, 0.15) is 5.76 Å². The van der Waals surface area contributed by atoms with E-state index in [2.05, 4.69) is 0 Å². The molecule has 4 atom stereocenters. The van der Waals surface area contributed by atoms with E-state index in [0.29, 0.717) is 17.7 Å². The number of amides is 2. The van der Waals surface area contributed by atoms with E-state index in [1.165, 1.54) is 11.8 Å². The predicted octanol–water partition coefficient (Wildman–Crippen LogP) is 1.49. The van der Waals surface area contributed by atoms with Gasteiger partial charge >= 0.3 is 0 Å². The van der Waals surface area contributed by atoms with Gasteiger partial charge in [0.15, 0.2) is 5.60 Å². The zero-order valence-corrected chi connectivity index (χ0v) is 16.3. The van der Waals surface area contributed by atoms with Crippen LogP contribution in [0.3, 0.4) is 0 Å². The van der Waals surface area contributed by atoms with Crippen LogP contribution in [0, 0.1) is 17.2 Å². The summed E-state index contributed by atoms with van der Waals surface area (Å²) in [6.45, 7) is 5.30. The fourth-order valence-corrected chi connectivity index (χ4v) is 6.16. The van der Waals surface area contributed by atoms with E-state index in [0.717, 1.165) is 5.56 Å². The van der Waals surface area contributed by atoms with Crippen LogP contribution in [0.2, 0.25) is 0 Å². The van der Waals surface area contributed by atoms with Crippen molar-refractivity contribution in [3.63, 3.8) is 0 Å². The zero-order chi connectivity index (χ0) is 20.3. The number of likely N-dealkylation sites (N-methyl/N-ethyl adjacent to an activating group) is 1. The Labute approximate surface area is 162 Å². The topological polar surface area (TPSA) is 105 Å². The molecular weight excluding hydrogens is 358 g/mol. The molecule has 3 heterocycles. The Balaban J connectivity index is 1.80. The molecule has 146 valence electrons. The number of carbonyl (C=O) groups is 2. The zero-order valence-electron chi connectivity index (χ0n) is 16.3. The first-order chi connectivity index (χ1) is 13.0. The third kappa shape index (κ3) is 1.60. The summed E-state index contributed by atoms with van der Waals surface area (Å²) in [5.41, 5.74) is -0.339. The highest BCUT2D eigenvalue weighted by molar-refractivity contribution is 6.22. The van der Waals surface area contributed by atoms with E-state index in [4.69, 9.17) is 5.41 Å². The number of hydrogen-bond donors (Lipinski definition) is 3. The van der Waals surface area contributed by atoms with Crippen LogP contribution in [0.15, 0.2) is 29.5 Å². The second kappa shape index (κ2) is 4.84. The van der Waals surface area contributed by atoms with E-state index in [9.17, 15) is 19.8 Å². The van der Waals surface area contributed by atoms with Crippen LogP contribution in [0.5, 0.6) is 0 Å². The summed E-state index contributed by atoms with van der Waals surface area (Å²) in [7, 11) is 1.64. The number of nitrogens with one attached hydrogen (secondary N) is 1. The Morgan fingerprint density at radius 3 is 2.61 bits per heavy atom. The van der Waals surface area contributed by atoms with Crippen molar-refractivity contribution in [2.75, 3.05) is 11.9 Å². The molecule has 1 aromatic rings. The molecule has 1 aliphatic carbocycles. The number of aliphatic hydroxyl groups excluding tert-OH is 1. The second-order valence-electron chi connectivity index (χ2n) is 8.94. The minimum absolute atomic E-state index is 0.0111. The maximum Gasteiger partial charge on any atom is 0.263 e. The SMILES string of the molecule is CC(=N)C1=C(O)[C@@H]2[C@@H]3[C@@H](Cc4cccc5c4[C@@]3(O)C(=O)N5C)C(C)(C)N2C1=O. The van der Waals surface area contributed by atoms with Crippen molar-refractivity contribution in [2.24, 2.45) is 11.8 Å². The maximum atomic E-state index is 13.3. The Bertz CT molecular complexity index is 1030. The molecule has 0 aromatic heterocycles. The molecule has 0 radical (unpaired) electrons. The van der Waals surface area contributed by atoms with Crippen LogP contribution in [-0.2, 0) is 21.6 Å². The molecule has 7 nitrogen and oxygen atoms in total. The molecule has 7 heteroatoms. The molecule has 1 saturated heterocycles. The summed E-state index contributed by atoms with van der Waals surface area (Å²) < 4.78 is 0. The number of carbonyl (C=O) groups excluding carboxylic acids is 2. The first-order valence-electron chi connectivity index (χ1n) is 9.49. The Hall–Kier alpha value is -2.67. The number of hydrogen-bond acceptors (Lipinski definition) is 5. The molecule has 2 amide bonds. The van der Waals surface area contributed by atoms with Crippen molar-refractivity contribution in [1.82, 2.24) is 4.90 Å². The first-order valence-corrected chi connectivity index (χ1v) is 9.49. The van der Waals surface area contributed by atoms with Crippen molar-refractivity contribution in [2.45, 2.75) is 44.4 Å². The minimum atomic E-state index is -1.81. The summed E-state index contributed by atoms with van der Waals surface area (Å²) >= 11 is 0. The minimum Gasteiger partial charge on any atom is -0.509 e. The number of anilines is 1. The van der Waals surface area contributed by atoms with Gasteiger partial charge < -0.3 is 25.4 Å².